The summed E-state index contributed by atoms with van der Waals surface area (Å²) in [4.78, 5) is 25.6. The fraction of sp³-hybridized carbons (Fsp3) is 0.286. The number of fused-ring (bicyclic) bond motifs is 1. The number of morpholine rings is 1. The van der Waals surface area contributed by atoms with E-state index in [0.717, 1.165) is 5.56 Å². The number of hydrogen-bond acceptors (Lipinski definition) is 4. The van der Waals surface area contributed by atoms with Crippen molar-refractivity contribution in [2.24, 2.45) is 0 Å². The number of esters is 1. The summed E-state index contributed by atoms with van der Waals surface area (Å²) in [5.41, 5.74) is -0.102. The number of benzene rings is 1. The van der Waals surface area contributed by atoms with Crippen LogP contribution in [-0.4, -0.2) is 35.7 Å². The molecule has 2 aliphatic rings. The highest BCUT2D eigenvalue weighted by molar-refractivity contribution is 6.02. The van der Waals surface area contributed by atoms with Crippen LogP contribution in [0.3, 0.4) is 0 Å². The summed E-state index contributed by atoms with van der Waals surface area (Å²) < 4.78 is 10.3. The van der Waals surface area contributed by atoms with Gasteiger partial charge in [0, 0.05) is 6.42 Å². The first-order valence-corrected chi connectivity index (χ1v) is 5.98. The van der Waals surface area contributed by atoms with Gasteiger partial charge < -0.3 is 9.47 Å². The molecule has 0 radical (unpaired) electrons. The van der Waals surface area contributed by atoms with Crippen molar-refractivity contribution in [3.63, 3.8) is 0 Å². The second kappa shape index (κ2) is 4.20. The van der Waals surface area contributed by atoms with Crippen molar-refractivity contribution < 1.29 is 19.1 Å². The monoisotopic (exact) mass is 259 g/mol. The average Bonchev–Trinajstić information content (AvgIpc) is 2.83. The first-order valence-electron chi connectivity index (χ1n) is 5.98. The van der Waals surface area contributed by atoms with Gasteiger partial charge in [0.05, 0.1) is 6.61 Å². The maximum absolute atomic E-state index is 12.2. The summed E-state index contributed by atoms with van der Waals surface area (Å²) >= 11 is 0. The molecule has 2 fully saturated rings. The maximum Gasteiger partial charge on any atom is 0.340 e. The predicted molar refractivity (Wildman–Crippen MR) is 65.8 cm³/mol. The Bertz CT molecular complexity index is 554. The van der Waals surface area contributed by atoms with Crippen LogP contribution in [0.1, 0.15) is 5.56 Å². The summed E-state index contributed by atoms with van der Waals surface area (Å²) in [5.74, 6) is -0.995. The third kappa shape index (κ3) is 1.74. The standard InChI is InChI=1S/C14H13NO4/c1-10-12(16)15-9-18-8-14(15,13(17)19-10)7-11-5-3-2-4-6-11/h2-6H,1,7-9H2/t14-/m1/s1. The van der Waals surface area contributed by atoms with Crippen LogP contribution in [0.4, 0.5) is 0 Å². The van der Waals surface area contributed by atoms with E-state index in [1.165, 1.54) is 4.90 Å². The van der Waals surface area contributed by atoms with Gasteiger partial charge in [-0.25, -0.2) is 4.79 Å². The molecule has 5 nitrogen and oxygen atoms in total. The first kappa shape index (κ1) is 11.9. The van der Waals surface area contributed by atoms with Crippen LogP contribution >= 0.6 is 0 Å². The molecule has 1 atom stereocenters. The summed E-state index contributed by atoms with van der Waals surface area (Å²) in [6.07, 6.45) is 0.381. The minimum atomic E-state index is -1.06. The molecule has 0 bridgehead atoms. The van der Waals surface area contributed by atoms with Crippen molar-refractivity contribution in [2.75, 3.05) is 13.3 Å². The van der Waals surface area contributed by atoms with E-state index >= 15 is 0 Å². The summed E-state index contributed by atoms with van der Waals surface area (Å²) in [6, 6.07) is 9.50. The molecule has 98 valence electrons. The highest BCUT2D eigenvalue weighted by Crippen LogP contribution is 2.34. The van der Waals surface area contributed by atoms with Crippen LogP contribution in [0.5, 0.6) is 0 Å². The summed E-state index contributed by atoms with van der Waals surface area (Å²) in [6.45, 7) is 3.70. The van der Waals surface area contributed by atoms with Gasteiger partial charge in [-0.2, -0.15) is 0 Å². The Morgan fingerprint density at radius 2 is 2.00 bits per heavy atom. The normalized spacial score (nSPS) is 26.3. The molecule has 1 aromatic carbocycles. The van der Waals surface area contributed by atoms with Crippen LogP contribution < -0.4 is 0 Å². The number of rotatable bonds is 2. The Labute approximate surface area is 110 Å². The van der Waals surface area contributed by atoms with Crippen molar-refractivity contribution in [1.82, 2.24) is 4.90 Å². The molecule has 0 aliphatic carbocycles. The second-order valence-electron chi connectivity index (χ2n) is 4.72. The molecule has 0 spiro atoms. The zero-order chi connectivity index (χ0) is 13.5. The minimum absolute atomic E-state index is 0.0970. The molecule has 0 aromatic heterocycles. The first-order chi connectivity index (χ1) is 9.13. The Morgan fingerprint density at radius 1 is 1.26 bits per heavy atom. The highest BCUT2D eigenvalue weighted by Gasteiger charge is 2.56. The van der Waals surface area contributed by atoms with Gasteiger partial charge in [0.25, 0.3) is 5.91 Å². The number of cyclic esters (lactones) is 1. The van der Waals surface area contributed by atoms with Gasteiger partial charge in [-0.15, -0.1) is 0 Å². The molecule has 1 amide bonds. The van der Waals surface area contributed by atoms with Crippen molar-refractivity contribution in [3.05, 3.63) is 48.2 Å². The van der Waals surface area contributed by atoms with Gasteiger partial charge in [0.15, 0.2) is 11.3 Å². The molecule has 3 rings (SSSR count). The van der Waals surface area contributed by atoms with Crippen LogP contribution in [0, 0.1) is 0 Å². The lowest BCUT2D eigenvalue weighted by Crippen LogP contribution is -2.61. The topological polar surface area (TPSA) is 55.8 Å². The Balaban J connectivity index is 1.98. The van der Waals surface area contributed by atoms with E-state index in [2.05, 4.69) is 6.58 Å². The lowest BCUT2D eigenvalue weighted by Gasteiger charge is -2.38. The van der Waals surface area contributed by atoms with Gasteiger partial charge >= 0.3 is 5.97 Å². The van der Waals surface area contributed by atoms with E-state index in [0.29, 0.717) is 6.42 Å². The smallest absolute Gasteiger partial charge is 0.340 e. The molecule has 19 heavy (non-hydrogen) atoms. The van der Waals surface area contributed by atoms with E-state index in [9.17, 15) is 9.59 Å². The van der Waals surface area contributed by atoms with E-state index in [4.69, 9.17) is 9.47 Å². The molecule has 0 saturated carbocycles. The van der Waals surface area contributed by atoms with Crippen molar-refractivity contribution in [2.45, 2.75) is 12.0 Å². The van der Waals surface area contributed by atoms with Gasteiger partial charge in [-0.05, 0) is 5.56 Å². The number of ether oxygens (including phenoxy) is 2. The summed E-state index contributed by atoms with van der Waals surface area (Å²) in [7, 11) is 0. The average molecular weight is 259 g/mol. The van der Waals surface area contributed by atoms with Gasteiger partial charge in [-0.1, -0.05) is 36.9 Å². The fourth-order valence-electron chi connectivity index (χ4n) is 2.48. The molecule has 1 aromatic rings. The quantitative estimate of drug-likeness (QED) is 0.584. The van der Waals surface area contributed by atoms with E-state index in [-0.39, 0.29) is 25.0 Å². The summed E-state index contributed by atoms with van der Waals surface area (Å²) in [5, 5.41) is 0. The lowest BCUT2D eigenvalue weighted by atomic mass is 9.89. The van der Waals surface area contributed by atoms with E-state index in [1.54, 1.807) is 0 Å². The van der Waals surface area contributed by atoms with Crippen molar-refractivity contribution in [3.8, 4) is 0 Å². The van der Waals surface area contributed by atoms with Crippen molar-refractivity contribution in [1.29, 1.82) is 0 Å². The molecule has 0 N–H and O–H groups in total. The van der Waals surface area contributed by atoms with Gasteiger partial charge in [0.1, 0.15) is 6.73 Å². The predicted octanol–water partition coefficient (Wildman–Crippen LogP) is 0.855. The third-order valence-electron chi connectivity index (χ3n) is 3.50. The zero-order valence-corrected chi connectivity index (χ0v) is 10.3. The Kier molecular flexibility index (Phi) is 2.64. The minimum Gasteiger partial charge on any atom is -0.419 e. The van der Waals surface area contributed by atoms with E-state index < -0.39 is 11.5 Å². The molecular weight excluding hydrogens is 246 g/mol. The molecule has 2 saturated heterocycles. The lowest BCUT2D eigenvalue weighted by molar-refractivity contribution is -0.167. The number of carbonyl (C=O) groups excluding carboxylic acids is 2. The third-order valence-corrected chi connectivity index (χ3v) is 3.50. The second-order valence-corrected chi connectivity index (χ2v) is 4.72. The van der Waals surface area contributed by atoms with Crippen LogP contribution in [-0.2, 0) is 25.5 Å². The number of hydrogen-bond donors (Lipinski definition) is 0. The molecule has 5 heteroatoms. The fourth-order valence-corrected chi connectivity index (χ4v) is 2.48. The number of amides is 1. The highest BCUT2D eigenvalue weighted by atomic mass is 16.6. The van der Waals surface area contributed by atoms with Crippen LogP contribution in [0.15, 0.2) is 42.7 Å². The Morgan fingerprint density at radius 3 is 2.74 bits per heavy atom. The molecule has 0 unspecified atom stereocenters. The Hall–Kier alpha value is -2.14. The largest absolute Gasteiger partial charge is 0.419 e. The number of nitrogens with zero attached hydrogens (tertiary/aromatic N) is 1. The zero-order valence-electron chi connectivity index (χ0n) is 10.3. The molecule has 2 heterocycles. The van der Waals surface area contributed by atoms with Crippen LogP contribution in [0.25, 0.3) is 0 Å². The maximum atomic E-state index is 12.2. The van der Waals surface area contributed by atoms with E-state index in [1.807, 2.05) is 30.3 Å². The number of carbonyl (C=O) groups is 2. The van der Waals surface area contributed by atoms with Crippen molar-refractivity contribution >= 4 is 11.9 Å². The molecular formula is C14H13NO4. The van der Waals surface area contributed by atoms with Gasteiger partial charge in [0.2, 0.25) is 0 Å². The van der Waals surface area contributed by atoms with Crippen LogP contribution in [0.2, 0.25) is 0 Å². The molecule has 2 aliphatic heterocycles. The SMILES string of the molecule is C=C1OC(=O)[C@@]2(Cc3ccccc3)COCN2C1=O. The van der Waals surface area contributed by atoms with Gasteiger partial charge in [-0.3, -0.25) is 9.69 Å².